The molecule has 2 heterocycles. The van der Waals surface area contributed by atoms with Crippen molar-refractivity contribution >= 4 is 21.6 Å². The molecule has 2 aromatic rings. The molecule has 2 aliphatic rings. The van der Waals surface area contributed by atoms with Crippen molar-refractivity contribution in [3.63, 3.8) is 0 Å². The molecule has 1 amide bonds. The summed E-state index contributed by atoms with van der Waals surface area (Å²) in [7, 11) is -2.70. The van der Waals surface area contributed by atoms with Crippen LogP contribution in [-0.4, -0.2) is 52.0 Å². The Kier molecular flexibility index (Phi) is 6.01. The fourth-order valence-corrected chi connectivity index (χ4v) is 5.42. The SMILES string of the molecule is COc1ccc(F)cc1S(=O)(=O)N1CCC[C@@H](C(=O)Nc2ccc3c(c2)OCCO3)C1. The highest BCUT2D eigenvalue weighted by Gasteiger charge is 2.35. The normalized spacial score (nSPS) is 19.0. The molecule has 1 N–H and O–H groups in total. The third-order valence-corrected chi connectivity index (χ3v) is 7.19. The highest BCUT2D eigenvalue weighted by Crippen LogP contribution is 2.34. The molecule has 1 atom stereocenters. The molecule has 1 fully saturated rings. The van der Waals surface area contributed by atoms with Crippen LogP contribution in [0.25, 0.3) is 0 Å². The predicted octanol–water partition coefficient (Wildman–Crippen LogP) is 2.64. The van der Waals surface area contributed by atoms with E-state index in [1.807, 2.05) is 0 Å². The standard InChI is InChI=1S/C21H23FN2O6S/c1-28-18-6-4-15(22)11-20(18)31(26,27)24-8-2-3-14(13-24)21(25)23-16-5-7-17-19(12-16)30-10-9-29-17/h4-7,11-12,14H,2-3,8-10,13H2,1H3,(H,23,25)/t14-/m1/s1. The smallest absolute Gasteiger partial charge is 0.246 e. The van der Waals surface area contributed by atoms with E-state index in [0.29, 0.717) is 43.2 Å². The number of carbonyl (C=O) groups excluding carboxylic acids is 1. The average molecular weight is 450 g/mol. The van der Waals surface area contributed by atoms with Gasteiger partial charge in [0.1, 0.15) is 29.7 Å². The van der Waals surface area contributed by atoms with Crippen LogP contribution in [0.15, 0.2) is 41.3 Å². The Morgan fingerprint density at radius 2 is 1.94 bits per heavy atom. The Balaban J connectivity index is 1.49. The zero-order valence-electron chi connectivity index (χ0n) is 17.0. The van der Waals surface area contributed by atoms with E-state index >= 15 is 0 Å². The lowest BCUT2D eigenvalue weighted by Gasteiger charge is -2.31. The number of amides is 1. The number of fused-ring (bicyclic) bond motifs is 1. The lowest BCUT2D eigenvalue weighted by atomic mass is 9.98. The van der Waals surface area contributed by atoms with Gasteiger partial charge in [0.2, 0.25) is 15.9 Å². The third-order valence-electron chi connectivity index (χ3n) is 5.31. The van der Waals surface area contributed by atoms with Gasteiger partial charge in [-0.2, -0.15) is 4.31 Å². The highest BCUT2D eigenvalue weighted by molar-refractivity contribution is 7.89. The molecule has 0 bridgehead atoms. The van der Waals surface area contributed by atoms with E-state index in [4.69, 9.17) is 14.2 Å². The van der Waals surface area contributed by atoms with Gasteiger partial charge in [-0.15, -0.1) is 0 Å². The van der Waals surface area contributed by atoms with Gasteiger partial charge >= 0.3 is 0 Å². The number of hydrogen-bond acceptors (Lipinski definition) is 6. The second-order valence-electron chi connectivity index (χ2n) is 7.35. The first-order valence-electron chi connectivity index (χ1n) is 9.92. The number of methoxy groups -OCH3 is 1. The summed E-state index contributed by atoms with van der Waals surface area (Å²) in [5.41, 5.74) is 0.543. The maximum absolute atomic E-state index is 13.7. The van der Waals surface area contributed by atoms with Crippen molar-refractivity contribution in [2.75, 3.05) is 38.7 Å². The maximum atomic E-state index is 13.7. The molecular formula is C21H23FN2O6S. The van der Waals surface area contributed by atoms with Crippen molar-refractivity contribution in [3.8, 4) is 17.2 Å². The number of halogens is 1. The summed E-state index contributed by atoms with van der Waals surface area (Å²) in [6.45, 7) is 1.15. The van der Waals surface area contributed by atoms with Crippen LogP contribution in [0.5, 0.6) is 17.2 Å². The first-order chi connectivity index (χ1) is 14.9. The second kappa shape index (κ2) is 8.72. The van der Waals surface area contributed by atoms with Crippen LogP contribution in [-0.2, 0) is 14.8 Å². The van der Waals surface area contributed by atoms with E-state index in [1.165, 1.54) is 17.5 Å². The summed E-state index contributed by atoms with van der Waals surface area (Å²) >= 11 is 0. The molecule has 8 nitrogen and oxygen atoms in total. The third kappa shape index (κ3) is 4.45. The lowest BCUT2D eigenvalue weighted by Crippen LogP contribution is -2.43. The zero-order valence-corrected chi connectivity index (χ0v) is 17.8. The molecule has 10 heteroatoms. The molecular weight excluding hydrogens is 427 g/mol. The molecule has 166 valence electrons. The number of nitrogens with one attached hydrogen (secondary N) is 1. The Morgan fingerprint density at radius 3 is 2.71 bits per heavy atom. The van der Waals surface area contributed by atoms with Gasteiger partial charge in [0, 0.05) is 24.8 Å². The van der Waals surface area contributed by atoms with Crippen LogP contribution in [0.3, 0.4) is 0 Å². The van der Waals surface area contributed by atoms with Gasteiger partial charge in [0.25, 0.3) is 0 Å². The lowest BCUT2D eigenvalue weighted by molar-refractivity contribution is -0.120. The second-order valence-corrected chi connectivity index (χ2v) is 9.25. The van der Waals surface area contributed by atoms with Gasteiger partial charge in [0.15, 0.2) is 11.5 Å². The number of carbonyl (C=O) groups is 1. The Labute approximate surface area is 179 Å². The maximum Gasteiger partial charge on any atom is 0.246 e. The summed E-state index contributed by atoms with van der Waals surface area (Å²) in [5.74, 6) is -0.286. The fourth-order valence-electron chi connectivity index (χ4n) is 3.73. The monoisotopic (exact) mass is 450 g/mol. The number of ether oxygens (including phenoxy) is 3. The Hall–Kier alpha value is -2.85. The van der Waals surface area contributed by atoms with Crippen LogP contribution in [0.2, 0.25) is 0 Å². The average Bonchev–Trinajstić information content (AvgIpc) is 2.79. The van der Waals surface area contributed by atoms with Crippen molar-refractivity contribution in [1.29, 1.82) is 0 Å². The number of piperidine rings is 1. The summed E-state index contributed by atoms with van der Waals surface area (Å²) in [4.78, 5) is 12.6. The number of hydrogen-bond donors (Lipinski definition) is 1. The fraction of sp³-hybridized carbons (Fsp3) is 0.381. The van der Waals surface area contributed by atoms with Crippen LogP contribution in [0.1, 0.15) is 12.8 Å². The predicted molar refractivity (Wildman–Crippen MR) is 110 cm³/mol. The topological polar surface area (TPSA) is 94.2 Å². The Bertz CT molecular complexity index is 1090. The molecule has 2 aromatic carbocycles. The highest BCUT2D eigenvalue weighted by atomic mass is 32.2. The molecule has 31 heavy (non-hydrogen) atoms. The van der Waals surface area contributed by atoms with Crippen molar-refractivity contribution in [2.24, 2.45) is 5.92 Å². The van der Waals surface area contributed by atoms with Gasteiger partial charge in [-0.3, -0.25) is 4.79 Å². The number of sulfonamides is 1. The summed E-state index contributed by atoms with van der Waals surface area (Å²) in [6, 6.07) is 8.46. The molecule has 2 aliphatic heterocycles. The molecule has 0 aromatic heterocycles. The van der Waals surface area contributed by atoms with Crippen LogP contribution >= 0.6 is 0 Å². The van der Waals surface area contributed by atoms with E-state index in [9.17, 15) is 17.6 Å². The minimum Gasteiger partial charge on any atom is -0.495 e. The van der Waals surface area contributed by atoms with Crippen LogP contribution < -0.4 is 19.5 Å². The van der Waals surface area contributed by atoms with E-state index < -0.39 is 21.8 Å². The zero-order chi connectivity index (χ0) is 22.0. The molecule has 0 aliphatic carbocycles. The molecule has 0 radical (unpaired) electrons. The number of nitrogens with zero attached hydrogens (tertiary/aromatic N) is 1. The van der Waals surface area contributed by atoms with Gasteiger partial charge in [-0.05, 0) is 43.2 Å². The van der Waals surface area contributed by atoms with E-state index in [0.717, 1.165) is 12.1 Å². The summed E-state index contributed by atoms with van der Waals surface area (Å²) in [6.07, 6.45) is 1.05. The molecule has 0 saturated carbocycles. The van der Waals surface area contributed by atoms with Gasteiger partial charge in [-0.25, -0.2) is 12.8 Å². The van der Waals surface area contributed by atoms with Crippen molar-refractivity contribution in [2.45, 2.75) is 17.7 Å². The summed E-state index contributed by atoms with van der Waals surface area (Å²) < 4.78 is 57.3. The van der Waals surface area contributed by atoms with Crippen LogP contribution in [0.4, 0.5) is 10.1 Å². The van der Waals surface area contributed by atoms with Gasteiger partial charge < -0.3 is 19.5 Å². The molecule has 1 saturated heterocycles. The summed E-state index contributed by atoms with van der Waals surface area (Å²) in [5, 5.41) is 2.82. The van der Waals surface area contributed by atoms with E-state index in [1.54, 1.807) is 18.2 Å². The number of anilines is 1. The van der Waals surface area contributed by atoms with Crippen molar-refractivity contribution in [3.05, 3.63) is 42.2 Å². The first kappa shape index (κ1) is 21.4. The van der Waals surface area contributed by atoms with Crippen molar-refractivity contribution < 1.29 is 31.8 Å². The van der Waals surface area contributed by atoms with Crippen molar-refractivity contribution in [1.82, 2.24) is 4.31 Å². The number of rotatable bonds is 5. The molecule has 0 spiro atoms. The van der Waals surface area contributed by atoms with E-state index in [-0.39, 0.29) is 29.6 Å². The quantitative estimate of drug-likeness (QED) is 0.753. The Morgan fingerprint density at radius 1 is 1.16 bits per heavy atom. The van der Waals surface area contributed by atoms with E-state index in [2.05, 4.69) is 5.32 Å². The largest absolute Gasteiger partial charge is 0.495 e. The van der Waals surface area contributed by atoms with Gasteiger partial charge in [0.05, 0.1) is 13.0 Å². The minimum atomic E-state index is -4.03. The molecule has 0 unspecified atom stereocenters. The first-order valence-corrected chi connectivity index (χ1v) is 11.4. The molecule has 4 rings (SSSR count). The van der Waals surface area contributed by atoms with Gasteiger partial charge in [-0.1, -0.05) is 0 Å². The number of benzene rings is 2. The minimum absolute atomic E-state index is 0.00160. The van der Waals surface area contributed by atoms with Crippen LogP contribution in [0, 0.1) is 11.7 Å².